The van der Waals surface area contributed by atoms with Crippen LogP contribution in [0.2, 0.25) is 0 Å². The number of hydrogen-bond acceptors (Lipinski definition) is 5. The number of nitrogens with one attached hydrogen (secondary N) is 1. The van der Waals surface area contributed by atoms with Crippen molar-refractivity contribution in [1.29, 1.82) is 0 Å². The molecule has 1 amide bonds. The standard InChI is InChI=1S/C13H20N2O4S/c1-8-10(9(2)19-15-8)4-5-12(16)14-11(13(17)18)6-7-20-3/h11H,4-7H2,1-3H3,(H,14,16)(H,17,18)/t11-/m0/s1. The fourth-order valence-electron chi connectivity index (χ4n) is 1.86. The molecule has 7 heteroatoms. The third-order valence-electron chi connectivity index (χ3n) is 3.03. The van der Waals surface area contributed by atoms with Gasteiger partial charge in [-0.05, 0) is 38.7 Å². The van der Waals surface area contributed by atoms with E-state index in [9.17, 15) is 9.59 Å². The Kier molecular flexibility index (Phi) is 6.57. The van der Waals surface area contributed by atoms with Gasteiger partial charge in [-0.1, -0.05) is 5.16 Å². The van der Waals surface area contributed by atoms with Crippen LogP contribution in [0.4, 0.5) is 0 Å². The number of nitrogens with zero attached hydrogens (tertiary/aromatic N) is 1. The number of aryl methyl sites for hydroxylation is 2. The summed E-state index contributed by atoms with van der Waals surface area (Å²) in [7, 11) is 0. The number of carboxylic acid groups (broad SMARTS) is 1. The molecule has 0 saturated heterocycles. The smallest absolute Gasteiger partial charge is 0.326 e. The van der Waals surface area contributed by atoms with Crippen molar-refractivity contribution >= 4 is 23.6 Å². The van der Waals surface area contributed by atoms with Crippen molar-refractivity contribution < 1.29 is 19.2 Å². The molecule has 1 aromatic heterocycles. The highest BCUT2D eigenvalue weighted by atomic mass is 32.2. The number of carbonyl (C=O) groups excluding carboxylic acids is 1. The normalized spacial score (nSPS) is 12.2. The van der Waals surface area contributed by atoms with Crippen molar-refractivity contribution in [2.45, 2.75) is 39.2 Å². The van der Waals surface area contributed by atoms with E-state index >= 15 is 0 Å². The monoisotopic (exact) mass is 300 g/mol. The molecule has 0 unspecified atom stereocenters. The number of carbonyl (C=O) groups is 2. The van der Waals surface area contributed by atoms with Crippen molar-refractivity contribution in [1.82, 2.24) is 10.5 Å². The maximum Gasteiger partial charge on any atom is 0.326 e. The lowest BCUT2D eigenvalue weighted by Crippen LogP contribution is -2.41. The van der Waals surface area contributed by atoms with Gasteiger partial charge in [-0.15, -0.1) is 0 Å². The van der Waals surface area contributed by atoms with Crippen LogP contribution >= 0.6 is 11.8 Å². The van der Waals surface area contributed by atoms with E-state index in [0.717, 1.165) is 11.3 Å². The van der Waals surface area contributed by atoms with Crippen molar-refractivity contribution in [3.8, 4) is 0 Å². The first-order valence-electron chi connectivity index (χ1n) is 6.38. The Labute approximate surface area is 122 Å². The maximum atomic E-state index is 11.8. The molecule has 1 aromatic rings. The molecule has 2 N–H and O–H groups in total. The summed E-state index contributed by atoms with van der Waals surface area (Å²) in [5.41, 5.74) is 1.68. The van der Waals surface area contributed by atoms with E-state index in [4.69, 9.17) is 9.63 Å². The lowest BCUT2D eigenvalue weighted by molar-refractivity contribution is -0.141. The SMILES string of the molecule is CSCC[C@H](NC(=O)CCc1c(C)noc1C)C(=O)O. The molecule has 0 aromatic carbocycles. The number of aromatic nitrogens is 1. The molecule has 6 nitrogen and oxygen atoms in total. The molecule has 112 valence electrons. The van der Waals surface area contributed by atoms with Crippen molar-refractivity contribution in [2.24, 2.45) is 0 Å². The van der Waals surface area contributed by atoms with Gasteiger partial charge in [-0.3, -0.25) is 4.79 Å². The summed E-state index contributed by atoms with van der Waals surface area (Å²) in [6.07, 6.45) is 3.06. The van der Waals surface area contributed by atoms with Gasteiger partial charge in [0.05, 0.1) is 5.69 Å². The average molecular weight is 300 g/mol. The lowest BCUT2D eigenvalue weighted by atomic mass is 10.1. The minimum Gasteiger partial charge on any atom is -0.480 e. The molecule has 0 aliphatic heterocycles. The molecule has 0 aliphatic carbocycles. The summed E-state index contributed by atoms with van der Waals surface area (Å²) >= 11 is 1.55. The minimum atomic E-state index is -0.996. The molecule has 0 bridgehead atoms. The second kappa shape index (κ2) is 7.94. The van der Waals surface area contributed by atoms with E-state index in [2.05, 4.69) is 10.5 Å². The first kappa shape index (κ1) is 16.6. The second-order valence-corrected chi connectivity index (χ2v) is 5.53. The summed E-state index contributed by atoms with van der Waals surface area (Å²) in [4.78, 5) is 22.8. The zero-order chi connectivity index (χ0) is 15.1. The molecule has 0 spiro atoms. The molecule has 1 heterocycles. The molecular formula is C13H20N2O4S. The van der Waals surface area contributed by atoms with Gasteiger partial charge < -0.3 is 14.9 Å². The van der Waals surface area contributed by atoms with Crippen molar-refractivity contribution in [3.05, 3.63) is 17.0 Å². The average Bonchev–Trinajstić information content (AvgIpc) is 2.71. The van der Waals surface area contributed by atoms with Crippen molar-refractivity contribution in [3.63, 3.8) is 0 Å². The fourth-order valence-corrected chi connectivity index (χ4v) is 2.33. The first-order valence-corrected chi connectivity index (χ1v) is 7.78. The predicted molar refractivity (Wildman–Crippen MR) is 76.9 cm³/mol. The van der Waals surface area contributed by atoms with Gasteiger partial charge in [0.15, 0.2) is 0 Å². The molecular weight excluding hydrogens is 280 g/mol. The number of carboxylic acids is 1. The van der Waals surface area contributed by atoms with Crippen LogP contribution in [-0.4, -0.2) is 40.2 Å². The summed E-state index contributed by atoms with van der Waals surface area (Å²) in [6.45, 7) is 3.62. The minimum absolute atomic E-state index is 0.228. The number of aliphatic carboxylic acids is 1. The van der Waals surface area contributed by atoms with E-state index in [1.165, 1.54) is 0 Å². The van der Waals surface area contributed by atoms with Crippen LogP contribution in [0.1, 0.15) is 29.9 Å². The zero-order valence-electron chi connectivity index (χ0n) is 11.9. The lowest BCUT2D eigenvalue weighted by Gasteiger charge is -2.13. The summed E-state index contributed by atoms with van der Waals surface area (Å²) in [5, 5.41) is 15.4. The predicted octanol–water partition coefficient (Wildman–Crippen LogP) is 1.55. The fraction of sp³-hybridized carbons (Fsp3) is 0.615. The van der Waals surface area contributed by atoms with Crippen LogP contribution in [0.25, 0.3) is 0 Å². The molecule has 0 radical (unpaired) electrons. The Balaban J connectivity index is 2.48. The summed E-state index contributed by atoms with van der Waals surface area (Å²) in [5.74, 6) is 0.136. The van der Waals surface area contributed by atoms with Crippen LogP contribution in [0.5, 0.6) is 0 Å². The molecule has 0 aliphatic rings. The third-order valence-corrected chi connectivity index (χ3v) is 3.67. The Bertz CT molecular complexity index is 453. The highest BCUT2D eigenvalue weighted by Crippen LogP contribution is 2.14. The Morgan fingerprint density at radius 2 is 2.15 bits per heavy atom. The van der Waals surface area contributed by atoms with Crippen molar-refractivity contribution in [2.75, 3.05) is 12.0 Å². The largest absolute Gasteiger partial charge is 0.480 e. The van der Waals surface area contributed by atoms with E-state index in [1.54, 1.807) is 18.7 Å². The topological polar surface area (TPSA) is 92.4 Å². The summed E-state index contributed by atoms with van der Waals surface area (Å²) < 4.78 is 5.02. The van der Waals surface area contributed by atoms with E-state index in [-0.39, 0.29) is 12.3 Å². The van der Waals surface area contributed by atoms with Gasteiger partial charge in [-0.25, -0.2) is 4.79 Å². The van der Waals surface area contributed by atoms with Crippen LogP contribution in [0, 0.1) is 13.8 Å². The van der Waals surface area contributed by atoms with E-state index in [1.807, 2.05) is 13.2 Å². The third kappa shape index (κ3) is 4.88. The molecule has 0 saturated carbocycles. The van der Waals surface area contributed by atoms with Gasteiger partial charge >= 0.3 is 5.97 Å². The van der Waals surface area contributed by atoms with Gasteiger partial charge in [0.1, 0.15) is 11.8 Å². The highest BCUT2D eigenvalue weighted by Gasteiger charge is 2.19. The van der Waals surface area contributed by atoms with Gasteiger partial charge in [0.25, 0.3) is 0 Å². The number of amides is 1. The number of hydrogen-bond donors (Lipinski definition) is 2. The van der Waals surface area contributed by atoms with Gasteiger partial charge in [-0.2, -0.15) is 11.8 Å². The van der Waals surface area contributed by atoms with Crippen LogP contribution in [-0.2, 0) is 16.0 Å². The van der Waals surface area contributed by atoms with Crippen LogP contribution < -0.4 is 5.32 Å². The van der Waals surface area contributed by atoms with E-state index < -0.39 is 12.0 Å². The molecule has 1 rings (SSSR count). The Morgan fingerprint density at radius 3 is 2.65 bits per heavy atom. The molecule has 20 heavy (non-hydrogen) atoms. The number of rotatable bonds is 8. The quantitative estimate of drug-likeness (QED) is 0.756. The first-order chi connectivity index (χ1) is 9.45. The highest BCUT2D eigenvalue weighted by molar-refractivity contribution is 7.98. The maximum absolute atomic E-state index is 11.8. The van der Waals surface area contributed by atoms with Gasteiger partial charge in [0.2, 0.25) is 5.91 Å². The zero-order valence-corrected chi connectivity index (χ0v) is 12.7. The van der Waals surface area contributed by atoms with E-state index in [0.29, 0.717) is 24.4 Å². The van der Waals surface area contributed by atoms with Crippen LogP contribution in [0.15, 0.2) is 4.52 Å². The Morgan fingerprint density at radius 1 is 1.45 bits per heavy atom. The van der Waals surface area contributed by atoms with Crippen LogP contribution in [0.3, 0.4) is 0 Å². The second-order valence-electron chi connectivity index (χ2n) is 4.54. The Hall–Kier alpha value is -1.50. The summed E-state index contributed by atoms with van der Waals surface area (Å²) in [6, 6.07) is -0.820. The molecule has 1 atom stereocenters. The van der Waals surface area contributed by atoms with Gasteiger partial charge in [0, 0.05) is 12.0 Å². The molecule has 0 fully saturated rings. The number of thioether (sulfide) groups is 1.